The Morgan fingerprint density at radius 1 is 1.04 bits per heavy atom. The van der Waals surface area contributed by atoms with Gasteiger partial charge in [0.1, 0.15) is 12.4 Å². The number of ether oxygens (including phenoxy) is 2. The van der Waals surface area contributed by atoms with Crippen molar-refractivity contribution in [2.45, 2.75) is 20.1 Å². The molecule has 0 radical (unpaired) electrons. The van der Waals surface area contributed by atoms with Gasteiger partial charge >= 0.3 is 0 Å². The molecule has 0 amide bonds. The van der Waals surface area contributed by atoms with Gasteiger partial charge in [-0.2, -0.15) is 0 Å². The van der Waals surface area contributed by atoms with Crippen LogP contribution in [0.2, 0.25) is 5.02 Å². The third-order valence-electron chi connectivity index (χ3n) is 4.04. The molecule has 0 saturated carbocycles. The fourth-order valence-corrected chi connectivity index (χ4v) is 3.68. The lowest BCUT2D eigenvalue weighted by Crippen LogP contribution is -2.05. The Hall–Kier alpha value is -1.99. The van der Waals surface area contributed by atoms with Gasteiger partial charge in [-0.05, 0) is 77.5 Å². The van der Waals surface area contributed by atoms with Gasteiger partial charge in [0.2, 0.25) is 0 Å². The zero-order valence-corrected chi connectivity index (χ0v) is 18.3. The molecule has 146 valence electrons. The topological polar surface area (TPSA) is 30.5 Å². The summed E-state index contributed by atoms with van der Waals surface area (Å²) in [5.41, 5.74) is 2.82. The van der Waals surface area contributed by atoms with Gasteiger partial charge in [-0.1, -0.05) is 29.8 Å². The van der Waals surface area contributed by atoms with E-state index in [1.165, 1.54) is 12.1 Å². The van der Waals surface area contributed by atoms with Gasteiger partial charge in [-0.3, -0.25) is 0 Å². The Kier molecular flexibility index (Phi) is 7.39. The molecule has 0 saturated heterocycles. The number of hydrogen-bond acceptors (Lipinski definition) is 3. The fraction of sp³-hybridized carbons (Fsp3) is 0.182. The van der Waals surface area contributed by atoms with E-state index in [1.807, 2.05) is 43.3 Å². The van der Waals surface area contributed by atoms with Crippen molar-refractivity contribution in [2.24, 2.45) is 0 Å². The molecule has 0 unspecified atom stereocenters. The fourth-order valence-electron chi connectivity index (χ4n) is 2.66. The van der Waals surface area contributed by atoms with Crippen molar-refractivity contribution in [1.82, 2.24) is 0 Å². The molecule has 0 bridgehead atoms. The molecule has 0 aliphatic carbocycles. The summed E-state index contributed by atoms with van der Waals surface area (Å²) in [6.07, 6.45) is 0. The quantitative estimate of drug-likeness (QED) is 0.343. The summed E-state index contributed by atoms with van der Waals surface area (Å²) in [6.45, 7) is 3.43. The summed E-state index contributed by atoms with van der Waals surface area (Å²) in [4.78, 5) is 0. The summed E-state index contributed by atoms with van der Waals surface area (Å²) in [5.74, 6) is 1.14. The van der Waals surface area contributed by atoms with E-state index in [0.29, 0.717) is 36.3 Å². The Bertz CT molecular complexity index is 934. The van der Waals surface area contributed by atoms with E-state index in [1.54, 1.807) is 12.1 Å². The van der Waals surface area contributed by atoms with E-state index in [9.17, 15) is 4.39 Å². The molecule has 6 heteroatoms. The Morgan fingerprint density at radius 3 is 2.50 bits per heavy atom. The Balaban J connectivity index is 1.75. The maximum atomic E-state index is 13.0. The van der Waals surface area contributed by atoms with E-state index in [0.717, 1.165) is 20.4 Å². The minimum atomic E-state index is -0.251. The van der Waals surface area contributed by atoms with Crippen LogP contribution in [0.5, 0.6) is 11.5 Å². The first-order valence-corrected chi connectivity index (χ1v) is 10.3. The summed E-state index contributed by atoms with van der Waals surface area (Å²) in [7, 11) is 0. The molecule has 3 nitrogen and oxygen atoms in total. The zero-order valence-electron chi connectivity index (χ0n) is 15.3. The molecule has 0 atom stereocenters. The Labute approximate surface area is 183 Å². The van der Waals surface area contributed by atoms with Crippen molar-refractivity contribution in [1.29, 1.82) is 0 Å². The number of halogens is 3. The van der Waals surface area contributed by atoms with Crippen LogP contribution >= 0.6 is 34.2 Å². The highest BCUT2D eigenvalue weighted by molar-refractivity contribution is 14.1. The lowest BCUT2D eigenvalue weighted by molar-refractivity contribution is 0.267. The van der Waals surface area contributed by atoms with Gasteiger partial charge in [-0.25, -0.2) is 4.39 Å². The second-order valence-corrected chi connectivity index (χ2v) is 7.65. The molecule has 0 aliphatic rings. The lowest BCUT2D eigenvalue weighted by atomic mass is 10.2. The second kappa shape index (κ2) is 9.98. The summed E-state index contributed by atoms with van der Waals surface area (Å²) < 4.78 is 25.8. The number of anilines is 1. The van der Waals surface area contributed by atoms with E-state index < -0.39 is 0 Å². The average molecular weight is 512 g/mol. The van der Waals surface area contributed by atoms with Gasteiger partial charge in [0, 0.05) is 22.8 Å². The average Bonchev–Trinajstić information content (AvgIpc) is 2.68. The smallest absolute Gasteiger partial charge is 0.174 e. The molecule has 3 rings (SSSR count). The van der Waals surface area contributed by atoms with Gasteiger partial charge in [0.25, 0.3) is 0 Å². The highest BCUT2D eigenvalue weighted by atomic mass is 127. The molecule has 0 fully saturated rings. The minimum Gasteiger partial charge on any atom is -0.490 e. The molecular formula is C22H20ClFINO2. The van der Waals surface area contributed by atoms with E-state index in [4.69, 9.17) is 21.1 Å². The van der Waals surface area contributed by atoms with Gasteiger partial charge in [0.15, 0.2) is 11.5 Å². The highest BCUT2D eigenvalue weighted by Crippen LogP contribution is 2.35. The van der Waals surface area contributed by atoms with Crippen molar-refractivity contribution in [3.63, 3.8) is 0 Å². The van der Waals surface area contributed by atoms with E-state index >= 15 is 0 Å². The normalized spacial score (nSPS) is 10.6. The molecule has 1 N–H and O–H groups in total. The molecule has 0 aromatic heterocycles. The Morgan fingerprint density at radius 2 is 1.79 bits per heavy atom. The van der Waals surface area contributed by atoms with E-state index in [2.05, 4.69) is 27.9 Å². The van der Waals surface area contributed by atoms with Crippen LogP contribution in [0.3, 0.4) is 0 Å². The van der Waals surface area contributed by atoms with Crippen molar-refractivity contribution in [3.05, 3.63) is 86.2 Å². The largest absolute Gasteiger partial charge is 0.490 e. The van der Waals surface area contributed by atoms with Gasteiger partial charge in [0.05, 0.1) is 10.2 Å². The van der Waals surface area contributed by atoms with Crippen LogP contribution in [-0.4, -0.2) is 6.61 Å². The first-order chi connectivity index (χ1) is 13.6. The predicted molar refractivity (Wildman–Crippen MR) is 120 cm³/mol. The van der Waals surface area contributed by atoms with Crippen LogP contribution in [0.15, 0.2) is 60.7 Å². The molecule has 3 aromatic rings. The SMILES string of the molecule is CCOc1cc(CNc2ccc(F)cc2)cc(I)c1OCc1ccccc1Cl. The second-order valence-electron chi connectivity index (χ2n) is 6.08. The first kappa shape index (κ1) is 20.7. The number of rotatable bonds is 8. The van der Waals surface area contributed by atoms with Crippen LogP contribution in [0.1, 0.15) is 18.1 Å². The van der Waals surface area contributed by atoms with Crippen molar-refractivity contribution in [2.75, 3.05) is 11.9 Å². The molecular weight excluding hydrogens is 492 g/mol. The third kappa shape index (κ3) is 5.52. The minimum absolute atomic E-state index is 0.251. The monoisotopic (exact) mass is 511 g/mol. The van der Waals surface area contributed by atoms with E-state index in [-0.39, 0.29) is 5.82 Å². The number of nitrogens with one attached hydrogen (secondary N) is 1. The molecule has 0 spiro atoms. The maximum Gasteiger partial charge on any atom is 0.174 e. The molecule has 0 aliphatic heterocycles. The molecule has 28 heavy (non-hydrogen) atoms. The summed E-state index contributed by atoms with van der Waals surface area (Å²) in [6, 6.07) is 17.9. The number of hydrogen-bond donors (Lipinski definition) is 1. The van der Waals surface area contributed by atoms with Crippen LogP contribution in [0.4, 0.5) is 10.1 Å². The summed E-state index contributed by atoms with van der Waals surface area (Å²) >= 11 is 8.47. The highest BCUT2D eigenvalue weighted by Gasteiger charge is 2.13. The van der Waals surface area contributed by atoms with Crippen LogP contribution < -0.4 is 14.8 Å². The number of benzene rings is 3. The van der Waals surface area contributed by atoms with Gasteiger partial charge in [-0.15, -0.1) is 0 Å². The van der Waals surface area contributed by atoms with Crippen LogP contribution in [0, 0.1) is 9.39 Å². The van der Waals surface area contributed by atoms with Gasteiger partial charge < -0.3 is 14.8 Å². The van der Waals surface area contributed by atoms with Crippen LogP contribution in [-0.2, 0) is 13.2 Å². The maximum absolute atomic E-state index is 13.0. The predicted octanol–water partition coefficient (Wildman–Crippen LogP) is 6.67. The van der Waals surface area contributed by atoms with Crippen molar-refractivity contribution in [3.8, 4) is 11.5 Å². The molecule has 3 aromatic carbocycles. The summed E-state index contributed by atoms with van der Waals surface area (Å²) in [5, 5.41) is 3.96. The first-order valence-electron chi connectivity index (χ1n) is 8.87. The van der Waals surface area contributed by atoms with Crippen molar-refractivity contribution >= 4 is 39.9 Å². The standard InChI is InChI=1S/C22H20ClFINO2/c1-2-27-21-12-15(13-26-18-9-7-17(24)8-10-18)11-20(25)22(21)28-14-16-5-3-4-6-19(16)23/h3-12,26H,2,13-14H2,1H3. The molecule has 0 heterocycles. The van der Waals surface area contributed by atoms with Crippen molar-refractivity contribution < 1.29 is 13.9 Å². The third-order valence-corrected chi connectivity index (χ3v) is 5.21. The zero-order chi connectivity index (χ0) is 19.9. The van der Waals surface area contributed by atoms with Crippen LogP contribution in [0.25, 0.3) is 0 Å². The lowest BCUT2D eigenvalue weighted by Gasteiger charge is -2.16.